The van der Waals surface area contributed by atoms with E-state index in [0.29, 0.717) is 0 Å². The van der Waals surface area contributed by atoms with Crippen LogP contribution < -0.4 is 4.90 Å². The van der Waals surface area contributed by atoms with Gasteiger partial charge in [0, 0.05) is 22.4 Å². The number of phenolic OH excluding ortho intramolecular Hbond substituents is 1. The third kappa shape index (κ3) is 6.73. The molecule has 67 heavy (non-hydrogen) atoms. The van der Waals surface area contributed by atoms with Crippen LogP contribution in [0.15, 0.2) is 267 Å². The molecule has 0 fully saturated rings. The molecule has 12 rings (SSSR count). The van der Waals surface area contributed by atoms with Gasteiger partial charge >= 0.3 is 0 Å². The number of phenols is 1. The Morgan fingerprint density at radius 3 is 1.54 bits per heavy atom. The van der Waals surface area contributed by atoms with Crippen LogP contribution in [0.5, 0.6) is 5.75 Å². The standard InChI is InChI=1S/C65H45NO/c67-63-35-14-11-28-57(63)50-21-15-20-49(44-50)56-27-10-13-33-61(56)66(53-42-40-46(41-43-53)45-36-38-48(39-37-45)55-30-16-19-47-18-7-8-26-54(47)55)62-34-17-32-60-64(62)58-29-9-12-31-59(58)65(60,51-22-3-1-4-23-51)52-24-5-2-6-25-52/h1-44,67H. The van der Waals surface area contributed by atoms with E-state index in [1.54, 1.807) is 6.07 Å². The van der Waals surface area contributed by atoms with E-state index < -0.39 is 5.41 Å². The molecule has 2 nitrogen and oxygen atoms in total. The third-order valence-corrected chi connectivity index (χ3v) is 13.7. The van der Waals surface area contributed by atoms with Crippen LogP contribution in [0, 0.1) is 0 Å². The number of nitrogens with zero attached hydrogens (tertiary/aromatic N) is 1. The highest BCUT2D eigenvalue weighted by atomic mass is 16.3. The minimum Gasteiger partial charge on any atom is -0.507 e. The van der Waals surface area contributed by atoms with Crippen LogP contribution >= 0.6 is 0 Å². The molecule has 0 atom stereocenters. The van der Waals surface area contributed by atoms with Crippen LogP contribution in [-0.2, 0) is 5.41 Å². The van der Waals surface area contributed by atoms with Crippen molar-refractivity contribution in [3.63, 3.8) is 0 Å². The summed E-state index contributed by atoms with van der Waals surface area (Å²) in [5.74, 6) is 0.261. The lowest BCUT2D eigenvalue weighted by molar-refractivity contribution is 0.477. The Morgan fingerprint density at radius 2 is 0.806 bits per heavy atom. The molecule has 1 aliphatic rings. The lowest BCUT2D eigenvalue weighted by Gasteiger charge is -2.34. The zero-order valence-corrected chi connectivity index (χ0v) is 36.8. The van der Waals surface area contributed by atoms with Crippen molar-refractivity contribution in [3.8, 4) is 61.4 Å². The fourth-order valence-corrected chi connectivity index (χ4v) is 10.7. The Bertz CT molecular complexity index is 3530. The molecule has 2 heteroatoms. The highest BCUT2D eigenvalue weighted by Crippen LogP contribution is 2.60. The van der Waals surface area contributed by atoms with E-state index in [-0.39, 0.29) is 5.75 Å². The summed E-state index contributed by atoms with van der Waals surface area (Å²) in [5.41, 5.74) is 18.7. The van der Waals surface area contributed by atoms with Crippen LogP contribution in [0.1, 0.15) is 22.3 Å². The zero-order chi connectivity index (χ0) is 44.7. The van der Waals surface area contributed by atoms with Crippen molar-refractivity contribution in [2.45, 2.75) is 5.41 Å². The monoisotopic (exact) mass is 855 g/mol. The molecule has 11 aromatic rings. The highest BCUT2D eigenvalue weighted by molar-refractivity contribution is 6.00. The molecular formula is C65H45NO. The van der Waals surface area contributed by atoms with Gasteiger partial charge in [-0.2, -0.15) is 0 Å². The van der Waals surface area contributed by atoms with Gasteiger partial charge in [-0.25, -0.2) is 0 Å². The Kier molecular flexibility index (Phi) is 9.92. The van der Waals surface area contributed by atoms with Crippen molar-refractivity contribution in [1.82, 2.24) is 0 Å². The van der Waals surface area contributed by atoms with Gasteiger partial charge in [0.1, 0.15) is 5.75 Å². The lowest BCUT2D eigenvalue weighted by atomic mass is 9.68. The van der Waals surface area contributed by atoms with Crippen LogP contribution in [-0.4, -0.2) is 5.11 Å². The van der Waals surface area contributed by atoms with E-state index in [2.05, 4.69) is 248 Å². The predicted molar refractivity (Wildman–Crippen MR) is 279 cm³/mol. The second-order valence-electron chi connectivity index (χ2n) is 17.3. The number of aromatic hydroxyl groups is 1. The fourth-order valence-electron chi connectivity index (χ4n) is 10.7. The molecule has 0 radical (unpaired) electrons. The van der Waals surface area contributed by atoms with Crippen molar-refractivity contribution >= 4 is 27.8 Å². The van der Waals surface area contributed by atoms with Crippen LogP contribution in [0.25, 0.3) is 66.4 Å². The number of hydrogen-bond acceptors (Lipinski definition) is 2. The predicted octanol–water partition coefficient (Wildman–Crippen LogP) is 17.0. The normalized spacial score (nSPS) is 12.4. The third-order valence-electron chi connectivity index (χ3n) is 13.7. The summed E-state index contributed by atoms with van der Waals surface area (Å²) < 4.78 is 0. The van der Waals surface area contributed by atoms with Gasteiger partial charge in [-0.15, -0.1) is 0 Å². The minimum atomic E-state index is -0.552. The van der Waals surface area contributed by atoms with Crippen molar-refractivity contribution in [2.75, 3.05) is 4.90 Å². The lowest BCUT2D eigenvalue weighted by Crippen LogP contribution is -2.28. The molecule has 0 saturated carbocycles. The Labute approximate surface area is 392 Å². The highest BCUT2D eigenvalue weighted by Gasteiger charge is 2.47. The summed E-state index contributed by atoms with van der Waals surface area (Å²) in [6.07, 6.45) is 0. The van der Waals surface area contributed by atoms with E-state index in [1.165, 1.54) is 55.3 Å². The van der Waals surface area contributed by atoms with Gasteiger partial charge in [0.15, 0.2) is 0 Å². The van der Waals surface area contributed by atoms with Crippen LogP contribution in [0.2, 0.25) is 0 Å². The topological polar surface area (TPSA) is 23.5 Å². The second kappa shape index (κ2) is 16.7. The fraction of sp³-hybridized carbons (Fsp3) is 0.0154. The largest absolute Gasteiger partial charge is 0.507 e. The van der Waals surface area contributed by atoms with Gasteiger partial charge in [0.05, 0.1) is 16.8 Å². The number of hydrogen-bond donors (Lipinski definition) is 1. The average Bonchev–Trinajstić information content (AvgIpc) is 3.71. The number of anilines is 3. The molecule has 11 aromatic carbocycles. The maximum atomic E-state index is 10.9. The summed E-state index contributed by atoms with van der Waals surface area (Å²) in [6, 6.07) is 95.8. The first kappa shape index (κ1) is 39.8. The van der Waals surface area contributed by atoms with E-state index in [9.17, 15) is 5.11 Å². The average molecular weight is 856 g/mol. The summed E-state index contributed by atoms with van der Waals surface area (Å²) in [5, 5.41) is 13.4. The number of benzene rings is 11. The quantitative estimate of drug-likeness (QED) is 0.156. The number of fused-ring (bicyclic) bond motifs is 4. The summed E-state index contributed by atoms with van der Waals surface area (Å²) in [4.78, 5) is 2.46. The van der Waals surface area contributed by atoms with E-state index >= 15 is 0 Å². The molecule has 0 saturated heterocycles. The molecular weight excluding hydrogens is 811 g/mol. The van der Waals surface area contributed by atoms with Crippen LogP contribution in [0.4, 0.5) is 17.1 Å². The van der Waals surface area contributed by atoms with E-state index in [1.807, 2.05) is 18.2 Å². The first-order valence-corrected chi connectivity index (χ1v) is 23.0. The Hall–Kier alpha value is -8.72. The van der Waals surface area contributed by atoms with Gasteiger partial charge in [-0.3, -0.25) is 0 Å². The summed E-state index contributed by atoms with van der Waals surface area (Å²) in [6.45, 7) is 0. The zero-order valence-electron chi connectivity index (χ0n) is 36.8. The molecule has 0 bridgehead atoms. The minimum absolute atomic E-state index is 0.261. The molecule has 0 spiro atoms. The van der Waals surface area contributed by atoms with Crippen molar-refractivity contribution in [3.05, 3.63) is 289 Å². The first-order chi connectivity index (χ1) is 33.2. The molecule has 0 aliphatic heterocycles. The number of para-hydroxylation sites is 2. The summed E-state index contributed by atoms with van der Waals surface area (Å²) in [7, 11) is 0. The van der Waals surface area contributed by atoms with Crippen molar-refractivity contribution < 1.29 is 5.11 Å². The van der Waals surface area contributed by atoms with E-state index in [0.717, 1.165) is 50.4 Å². The van der Waals surface area contributed by atoms with Gasteiger partial charge in [0.2, 0.25) is 0 Å². The molecule has 316 valence electrons. The SMILES string of the molecule is Oc1ccccc1-c1cccc(-c2ccccc2N(c2ccc(-c3ccc(-c4cccc5ccccc45)cc3)cc2)c2cccc3c2-c2ccccc2C3(c2ccccc2)c2ccccc2)c1. The molecule has 0 aromatic heterocycles. The molecule has 0 amide bonds. The molecule has 0 unspecified atom stereocenters. The van der Waals surface area contributed by atoms with Gasteiger partial charge in [-0.05, 0) is 108 Å². The van der Waals surface area contributed by atoms with Gasteiger partial charge in [0.25, 0.3) is 0 Å². The smallest absolute Gasteiger partial charge is 0.123 e. The maximum absolute atomic E-state index is 10.9. The summed E-state index contributed by atoms with van der Waals surface area (Å²) >= 11 is 0. The number of rotatable bonds is 9. The maximum Gasteiger partial charge on any atom is 0.123 e. The van der Waals surface area contributed by atoms with Gasteiger partial charge < -0.3 is 10.0 Å². The first-order valence-electron chi connectivity index (χ1n) is 23.0. The van der Waals surface area contributed by atoms with Gasteiger partial charge in [-0.1, -0.05) is 231 Å². The molecule has 0 heterocycles. The van der Waals surface area contributed by atoms with Crippen molar-refractivity contribution in [1.29, 1.82) is 0 Å². The van der Waals surface area contributed by atoms with E-state index in [4.69, 9.17) is 0 Å². The van der Waals surface area contributed by atoms with Crippen molar-refractivity contribution in [2.24, 2.45) is 0 Å². The molecule has 1 N–H and O–H groups in total. The molecule has 1 aliphatic carbocycles. The second-order valence-corrected chi connectivity index (χ2v) is 17.3. The Morgan fingerprint density at radius 1 is 0.313 bits per heavy atom. The van der Waals surface area contributed by atoms with Crippen LogP contribution in [0.3, 0.4) is 0 Å². The Balaban J connectivity index is 1.05.